The topological polar surface area (TPSA) is 58.4 Å². The average molecular weight is 275 g/mol. The number of hydrogen-bond donors (Lipinski definition) is 2. The number of rotatable bonds is 4. The lowest BCUT2D eigenvalue weighted by atomic mass is 9.93. The maximum atomic E-state index is 11.1. The third-order valence-corrected chi connectivity index (χ3v) is 4.29. The fourth-order valence-electron chi connectivity index (χ4n) is 2.95. The monoisotopic (exact) mass is 275 g/mol. The number of benzene rings is 1. The van der Waals surface area contributed by atoms with E-state index in [1.165, 1.54) is 12.0 Å². The number of amides is 1. The largest absolute Gasteiger partial charge is 0.366 e. The van der Waals surface area contributed by atoms with E-state index in [-0.39, 0.29) is 5.91 Å². The Hall–Kier alpha value is -1.39. The molecule has 1 heterocycles. The van der Waals surface area contributed by atoms with Gasteiger partial charge in [-0.15, -0.1) is 0 Å². The molecule has 3 N–H and O–H groups in total. The van der Waals surface area contributed by atoms with Crippen molar-refractivity contribution < 1.29 is 4.79 Å². The van der Waals surface area contributed by atoms with E-state index in [1.54, 1.807) is 0 Å². The van der Waals surface area contributed by atoms with Gasteiger partial charge < -0.3 is 16.0 Å². The lowest BCUT2D eigenvalue weighted by molar-refractivity contribution is 0.1000. The molecule has 0 aliphatic carbocycles. The molecular weight excluding hydrogens is 250 g/mol. The summed E-state index contributed by atoms with van der Waals surface area (Å²) in [6.07, 6.45) is 1.19. The maximum Gasteiger partial charge on any atom is 0.248 e. The highest BCUT2D eigenvalue weighted by Gasteiger charge is 2.23. The number of primary amides is 1. The number of carbonyl (C=O) groups excluding carboxylic acids is 1. The van der Waals surface area contributed by atoms with Crippen LogP contribution in [-0.4, -0.2) is 37.0 Å². The third kappa shape index (κ3) is 3.58. The van der Waals surface area contributed by atoms with Crippen LogP contribution in [0.3, 0.4) is 0 Å². The van der Waals surface area contributed by atoms with E-state index in [0.29, 0.717) is 17.5 Å². The van der Waals surface area contributed by atoms with Gasteiger partial charge >= 0.3 is 0 Å². The Balaban J connectivity index is 1.95. The lowest BCUT2D eigenvalue weighted by Crippen LogP contribution is -2.46. The van der Waals surface area contributed by atoms with Crippen molar-refractivity contribution in [3.63, 3.8) is 0 Å². The number of nitrogens with zero attached hydrogens (tertiary/aromatic N) is 1. The van der Waals surface area contributed by atoms with Gasteiger partial charge in [-0.1, -0.05) is 13.0 Å². The smallest absolute Gasteiger partial charge is 0.248 e. The van der Waals surface area contributed by atoms with E-state index in [1.807, 2.05) is 25.1 Å². The summed E-state index contributed by atoms with van der Waals surface area (Å²) in [6, 6.07) is 6.26. The second-order valence-corrected chi connectivity index (χ2v) is 6.02. The van der Waals surface area contributed by atoms with E-state index in [0.717, 1.165) is 25.2 Å². The number of likely N-dealkylation sites (tertiary alicyclic amines) is 1. The Kier molecular flexibility index (Phi) is 4.78. The zero-order valence-corrected chi connectivity index (χ0v) is 12.6. The van der Waals surface area contributed by atoms with Crippen LogP contribution in [0.2, 0.25) is 0 Å². The Morgan fingerprint density at radius 3 is 2.85 bits per heavy atom. The van der Waals surface area contributed by atoms with Gasteiger partial charge in [0.25, 0.3) is 0 Å². The van der Waals surface area contributed by atoms with E-state index >= 15 is 0 Å². The molecule has 1 aliphatic heterocycles. The van der Waals surface area contributed by atoms with Gasteiger partial charge in [-0.05, 0) is 56.1 Å². The van der Waals surface area contributed by atoms with Crippen molar-refractivity contribution >= 4 is 5.91 Å². The Morgan fingerprint density at radius 2 is 2.25 bits per heavy atom. The van der Waals surface area contributed by atoms with Gasteiger partial charge in [-0.2, -0.15) is 0 Å². The van der Waals surface area contributed by atoms with Crippen molar-refractivity contribution in [2.75, 3.05) is 20.1 Å². The summed E-state index contributed by atoms with van der Waals surface area (Å²) >= 11 is 0. The molecule has 1 amide bonds. The zero-order valence-electron chi connectivity index (χ0n) is 12.6. The van der Waals surface area contributed by atoms with Crippen LogP contribution in [0.5, 0.6) is 0 Å². The highest BCUT2D eigenvalue weighted by Crippen LogP contribution is 2.17. The standard InChI is InChI=1S/C16H25N3O/c1-11-8-13(16(17)20)4-5-14(11)9-18-15-6-7-19(3)10-12(15)2/h4-5,8,12,15,18H,6-7,9-10H2,1-3H3,(H2,17,20). The van der Waals surface area contributed by atoms with Crippen LogP contribution < -0.4 is 11.1 Å². The molecule has 1 aromatic carbocycles. The summed E-state index contributed by atoms with van der Waals surface area (Å²) in [7, 11) is 2.18. The van der Waals surface area contributed by atoms with Gasteiger partial charge in [0.1, 0.15) is 0 Å². The van der Waals surface area contributed by atoms with Gasteiger partial charge in [-0.3, -0.25) is 4.79 Å². The number of nitrogens with one attached hydrogen (secondary N) is 1. The summed E-state index contributed by atoms with van der Waals surface area (Å²) in [5.74, 6) is 0.301. The van der Waals surface area contributed by atoms with Crippen molar-refractivity contribution in [1.29, 1.82) is 0 Å². The first-order valence-electron chi connectivity index (χ1n) is 7.28. The van der Waals surface area contributed by atoms with Crippen LogP contribution in [0, 0.1) is 12.8 Å². The van der Waals surface area contributed by atoms with Crippen molar-refractivity contribution in [3.8, 4) is 0 Å². The molecule has 1 fully saturated rings. The number of carbonyl (C=O) groups is 1. The van der Waals surface area contributed by atoms with Gasteiger partial charge in [-0.25, -0.2) is 0 Å². The second-order valence-electron chi connectivity index (χ2n) is 6.02. The molecule has 20 heavy (non-hydrogen) atoms. The molecule has 1 saturated heterocycles. The number of hydrogen-bond acceptors (Lipinski definition) is 3. The fraction of sp³-hybridized carbons (Fsp3) is 0.562. The van der Waals surface area contributed by atoms with Gasteiger partial charge in [0, 0.05) is 24.7 Å². The van der Waals surface area contributed by atoms with E-state index in [2.05, 4.69) is 24.2 Å². The molecule has 2 unspecified atom stereocenters. The van der Waals surface area contributed by atoms with Crippen molar-refractivity contribution in [2.45, 2.75) is 32.9 Å². The first-order valence-corrected chi connectivity index (χ1v) is 7.28. The SMILES string of the molecule is Cc1cc(C(N)=O)ccc1CNC1CCN(C)CC1C. The third-order valence-electron chi connectivity index (χ3n) is 4.29. The van der Waals surface area contributed by atoms with Gasteiger partial charge in [0.15, 0.2) is 0 Å². The predicted molar refractivity (Wildman–Crippen MR) is 81.6 cm³/mol. The van der Waals surface area contributed by atoms with Crippen LogP contribution in [0.15, 0.2) is 18.2 Å². The van der Waals surface area contributed by atoms with Crippen LogP contribution in [0.4, 0.5) is 0 Å². The molecule has 0 aromatic heterocycles. The molecule has 2 atom stereocenters. The minimum absolute atomic E-state index is 0.364. The van der Waals surface area contributed by atoms with Crippen LogP contribution >= 0.6 is 0 Å². The highest BCUT2D eigenvalue weighted by molar-refractivity contribution is 5.93. The summed E-state index contributed by atoms with van der Waals surface area (Å²) in [5, 5.41) is 3.65. The number of aryl methyl sites for hydroxylation is 1. The van der Waals surface area contributed by atoms with Gasteiger partial charge in [0.05, 0.1) is 0 Å². The summed E-state index contributed by atoms with van der Waals surface area (Å²) in [4.78, 5) is 13.5. The van der Waals surface area contributed by atoms with Gasteiger partial charge in [0.2, 0.25) is 5.91 Å². The van der Waals surface area contributed by atoms with E-state index < -0.39 is 0 Å². The first-order chi connectivity index (χ1) is 9.47. The first kappa shape index (κ1) is 15.0. The molecule has 0 bridgehead atoms. The van der Waals surface area contributed by atoms with E-state index in [4.69, 9.17) is 5.73 Å². The van der Waals surface area contributed by atoms with E-state index in [9.17, 15) is 4.79 Å². The minimum Gasteiger partial charge on any atom is -0.366 e. The molecule has 4 heteroatoms. The molecule has 0 spiro atoms. The summed E-state index contributed by atoms with van der Waals surface area (Å²) in [6.45, 7) is 7.49. The molecule has 110 valence electrons. The Bertz CT molecular complexity index is 487. The Labute approximate surface area is 121 Å². The predicted octanol–water partition coefficient (Wildman–Crippen LogP) is 1.52. The minimum atomic E-state index is -0.364. The quantitative estimate of drug-likeness (QED) is 0.876. The summed E-state index contributed by atoms with van der Waals surface area (Å²) in [5.41, 5.74) is 8.23. The van der Waals surface area contributed by atoms with Crippen LogP contribution in [-0.2, 0) is 6.54 Å². The van der Waals surface area contributed by atoms with Crippen molar-refractivity contribution in [3.05, 3.63) is 34.9 Å². The summed E-state index contributed by atoms with van der Waals surface area (Å²) < 4.78 is 0. The lowest BCUT2D eigenvalue weighted by Gasteiger charge is -2.35. The Morgan fingerprint density at radius 1 is 1.50 bits per heavy atom. The number of nitrogens with two attached hydrogens (primary N) is 1. The molecule has 2 rings (SSSR count). The fourth-order valence-corrected chi connectivity index (χ4v) is 2.95. The molecule has 0 radical (unpaired) electrons. The molecule has 0 saturated carbocycles. The highest BCUT2D eigenvalue weighted by atomic mass is 16.1. The maximum absolute atomic E-state index is 11.1. The molecule has 1 aliphatic rings. The molecular formula is C16H25N3O. The van der Waals surface area contributed by atoms with Crippen molar-refractivity contribution in [1.82, 2.24) is 10.2 Å². The number of piperidine rings is 1. The zero-order chi connectivity index (χ0) is 14.7. The average Bonchev–Trinajstić information content (AvgIpc) is 2.38. The van der Waals surface area contributed by atoms with Crippen LogP contribution in [0.25, 0.3) is 0 Å². The molecule has 4 nitrogen and oxygen atoms in total. The van der Waals surface area contributed by atoms with Crippen molar-refractivity contribution in [2.24, 2.45) is 11.7 Å². The normalized spacial score (nSPS) is 23.8. The second kappa shape index (κ2) is 6.37. The van der Waals surface area contributed by atoms with Crippen LogP contribution in [0.1, 0.15) is 34.8 Å². The molecule has 1 aromatic rings.